The van der Waals surface area contributed by atoms with Crippen LogP contribution in [0.3, 0.4) is 0 Å². The Morgan fingerprint density at radius 3 is 2.42 bits per heavy atom. The second kappa shape index (κ2) is 9.83. The molecular formula is C24H27N3O6. The van der Waals surface area contributed by atoms with Gasteiger partial charge >= 0.3 is 0 Å². The summed E-state index contributed by atoms with van der Waals surface area (Å²) in [6.45, 7) is 4.58. The Labute approximate surface area is 192 Å². The van der Waals surface area contributed by atoms with Crippen molar-refractivity contribution in [2.75, 3.05) is 27.2 Å². The third-order valence-electron chi connectivity index (χ3n) is 5.23. The fourth-order valence-electron chi connectivity index (χ4n) is 3.69. The van der Waals surface area contributed by atoms with E-state index in [4.69, 9.17) is 4.74 Å². The molecule has 174 valence electrons. The van der Waals surface area contributed by atoms with Crippen molar-refractivity contribution in [1.29, 1.82) is 0 Å². The summed E-state index contributed by atoms with van der Waals surface area (Å²) in [5.41, 5.74) is 0.389. The largest absolute Gasteiger partial charge is 0.507 e. The van der Waals surface area contributed by atoms with E-state index in [1.165, 1.54) is 29.2 Å². The number of hydrogen-bond acceptors (Lipinski definition) is 7. The molecule has 1 saturated heterocycles. The number of non-ortho nitro benzene ring substituents is 1. The summed E-state index contributed by atoms with van der Waals surface area (Å²) in [6.07, 6.45) is -0.0181. The van der Waals surface area contributed by atoms with E-state index in [9.17, 15) is 24.8 Å². The third-order valence-corrected chi connectivity index (χ3v) is 5.23. The highest BCUT2D eigenvalue weighted by atomic mass is 16.6. The molecule has 1 amide bonds. The van der Waals surface area contributed by atoms with Gasteiger partial charge in [-0.05, 0) is 45.6 Å². The molecule has 1 N–H and O–H groups in total. The lowest BCUT2D eigenvalue weighted by molar-refractivity contribution is -0.384. The predicted octanol–water partition coefficient (Wildman–Crippen LogP) is 3.37. The van der Waals surface area contributed by atoms with Crippen molar-refractivity contribution in [3.63, 3.8) is 0 Å². The summed E-state index contributed by atoms with van der Waals surface area (Å²) in [5, 5.41) is 22.2. The molecule has 2 aromatic carbocycles. The summed E-state index contributed by atoms with van der Waals surface area (Å²) < 4.78 is 5.68. The van der Waals surface area contributed by atoms with Gasteiger partial charge in [0.15, 0.2) is 0 Å². The van der Waals surface area contributed by atoms with Crippen molar-refractivity contribution in [2.45, 2.75) is 26.0 Å². The zero-order chi connectivity index (χ0) is 24.3. The van der Waals surface area contributed by atoms with E-state index in [1.54, 1.807) is 24.3 Å². The first-order valence-electron chi connectivity index (χ1n) is 10.5. The van der Waals surface area contributed by atoms with Gasteiger partial charge in [-0.25, -0.2) is 0 Å². The van der Waals surface area contributed by atoms with Crippen LogP contribution in [0.1, 0.15) is 31.0 Å². The van der Waals surface area contributed by atoms with E-state index in [-0.39, 0.29) is 29.5 Å². The standard InChI is InChI=1S/C24H27N3O6/c1-15(2)33-19-10-8-16(9-11-19)21-20(23(29)24(30)26(21)13-12-25(3)4)22(28)17-6-5-7-18(14-17)27(31)32/h5-11,14-15,21,28H,12-13H2,1-4H3/b22-20-. The quantitative estimate of drug-likeness (QED) is 0.214. The number of ether oxygens (including phenoxy) is 1. The summed E-state index contributed by atoms with van der Waals surface area (Å²) in [7, 11) is 3.71. The molecule has 0 aromatic heterocycles. The van der Waals surface area contributed by atoms with Crippen LogP contribution in [0.2, 0.25) is 0 Å². The number of nitro benzene ring substituents is 1. The van der Waals surface area contributed by atoms with E-state index >= 15 is 0 Å². The zero-order valence-corrected chi connectivity index (χ0v) is 19.0. The van der Waals surface area contributed by atoms with E-state index in [1.807, 2.05) is 32.8 Å². The van der Waals surface area contributed by atoms with Gasteiger partial charge in [-0.15, -0.1) is 0 Å². The van der Waals surface area contributed by atoms with E-state index in [0.29, 0.717) is 17.9 Å². The molecule has 0 radical (unpaired) electrons. The van der Waals surface area contributed by atoms with Gasteiger partial charge in [0.25, 0.3) is 17.4 Å². The van der Waals surface area contributed by atoms with Gasteiger partial charge in [0.05, 0.1) is 22.6 Å². The van der Waals surface area contributed by atoms with Crippen molar-refractivity contribution in [3.8, 4) is 5.75 Å². The Hall–Kier alpha value is -3.72. The topological polar surface area (TPSA) is 113 Å². The molecule has 2 aromatic rings. The summed E-state index contributed by atoms with van der Waals surface area (Å²) in [4.78, 5) is 39.8. The minimum absolute atomic E-state index is 0.0181. The van der Waals surface area contributed by atoms with Crippen LogP contribution in [0.15, 0.2) is 54.1 Å². The number of hydrogen-bond donors (Lipinski definition) is 1. The smallest absolute Gasteiger partial charge is 0.295 e. The number of benzene rings is 2. The molecule has 1 aliphatic rings. The molecule has 1 fully saturated rings. The number of rotatable bonds is 8. The molecule has 1 unspecified atom stereocenters. The highest BCUT2D eigenvalue weighted by Gasteiger charge is 2.46. The molecule has 1 heterocycles. The van der Waals surface area contributed by atoms with Crippen LogP contribution in [0.4, 0.5) is 5.69 Å². The Kier molecular flexibility index (Phi) is 7.13. The molecule has 9 nitrogen and oxygen atoms in total. The molecule has 1 atom stereocenters. The first-order valence-corrected chi connectivity index (χ1v) is 10.5. The fraction of sp³-hybridized carbons (Fsp3) is 0.333. The Morgan fingerprint density at radius 1 is 1.18 bits per heavy atom. The van der Waals surface area contributed by atoms with Gasteiger partial charge in [-0.1, -0.05) is 24.3 Å². The number of Topliss-reactive ketones (excluding diaryl/α,β-unsaturated/α-hetero) is 1. The molecule has 0 saturated carbocycles. The molecule has 3 rings (SSSR count). The fourth-order valence-corrected chi connectivity index (χ4v) is 3.69. The second-order valence-electron chi connectivity index (χ2n) is 8.34. The van der Waals surface area contributed by atoms with Crippen molar-refractivity contribution < 1.29 is 24.4 Å². The number of nitro groups is 1. The number of carbonyl (C=O) groups is 2. The Balaban J connectivity index is 2.12. The predicted molar refractivity (Wildman–Crippen MR) is 123 cm³/mol. The van der Waals surface area contributed by atoms with Gasteiger partial charge in [0.1, 0.15) is 11.5 Å². The maximum Gasteiger partial charge on any atom is 0.295 e. The van der Waals surface area contributed by atoms with Gasteiger partial charge in [-0.3, -0.25) is 19.7 Å². The van der Waals surface area contributed by atoms with Crippen LogP contribution in [-0.4, -0.2) is 64.8 Å². The van der Waals surface area contributed by atoms with Crippen LogP contribution in [0.5, 0.6) is 5.75 Å². The number of ketones is 1. The number of aliphatic hydroxyl groups excluding tert-OH is 1. The summed E-state index contributed by atoms with van der Waals surface area (Å²) in [5.74, 6) is -1.36. The number of carbonyl (C=O) groups excluding carboxylic acids is 2. The van der Waals surface area contributed by atoms with Crippen molar-refractivity contribution in [2.24, 2.45) is 0 Å². The minimum Gasteiger partial charge on any atom is -0.507 e. The van der Waals surface area contributed by atoms with Crippen molar-refractivity contribution in [1.82, 2.24) is 9.80 Å². The molecule has 1 aliphatic heterocycles. The number of likely N-dealkylation sites (tertiary alicyclic amines) is 1. The molecule has 0 aliphatic carbocycles. The normalized spacial score (nSPS) is 17.8. The van der Waals surface area contributed by atoms with Gasteiger partial charge in [0.2, 0.25) is 0 Å². The van der Waals surface area contributed by atoms with Crippen LogP contribution in [-0.2, 0) is 9.59 Å². The maximum atomic E-state index is 13.0. The molecular weight excluding hydrogens is 426 g/mol. The lowest BCUT2D eigenvalue weighted by Gasteiger charge is -2.26. The summed E-state index contributed by atoms with van der Waals surface area (Å²) >= 11 is 0. The van der Waals surface area contributed by atoms with Gasteiger partial charge in [0, 0.05) is 30.8 Å². The summed E-state index contributed by atoms with van der Waals surface area (Å²) in [6, 6.07) is 11.5. The average molecular weight is 453 g/mol. The number of likely N-dealkylation sites (N-methyl/N-ethyl adjacent to an activating group) is 1. The number of amides is 1. The SMILES string of the molecule is CC(C)Oc1ccc(C2/C(=C(/O)c3cccc([N+](=O)[O-])c3)C(=O)C(=O)N2CCN(C)C)cc1. The lowest BCUT2D eigenvalue weighted by Crippen LogP contribution is -2.35. The maximum absolute atomic E-state index is 13.0. The Morgan fingerprint density at radius 2 is 1.85 bits per heavy atom. The first-order chi connectivity index (χ1) is 15.6. The lowest BCUT2D eigenvalue weighted by atomic mass is 9.95. The highest BCUT2D eigenvalue weighted by molar-refractivity contribution is 6.46. The monoisotopic (exact) mass is 453 g/mol. The molecule has 33 heavy (non-hydrogen) atoms. The number of nitrogens with zero attached hydrogens (tertiary/aromatic N) is 3. The van der Waals surface area contributed by atoms with Crippen LogP contribution >= 0.6 is 0 Å². The van der Waals surface area contributed by atoms with E-state index in [2.05, 4.69) is 0 Å². The molecule has 9 heteroatoms. The average Bonchev–Trinajstić information content (AvgIpc) is 3.02. The first kappa shape index (κ1) is 23.9. The van der Waals surface area contributed by atoms with Gasteiger partial charge < -0.3 is 19.6 Å². The zero-order valence-electron chi connectivity index (χ0n) is 19.0. The third kappa shape index (κ3) is 5.20. The van der Waals surface area contributed by atoms with Crippen molar-refractivity contribution in [3.05, 3.63) is 75.3 Å². The van der Waals surface area contributed by atoms with Gasteiger partial charge in [-0.2, -0.15) is 0 Å². The number of aliphatic hydroxyl groups is 1. The van der Waals surface area contributed by atoms with Crippen LogP contribution in [0, 0.1) is 10.1 Å². The van der Waals surface area contributed by atoms with Crippen molar-refractivity contribution >= 4 is 23.1 Å². The van der Waals surface area contributed by atoms with E-state index < -0.39 is 28.4 Å². The van der Waals surface area contributed by atoms with Crippen LogP contribution < -0.4 is 4.74 Å². The molecule has 0 bridgehead atoms. The highest BCUT2D eigenvalue weighted by Crippen LogP contribution is 2.40. The second-order valence-corrected chi connectivity index (χ2v) is 8.34. The Bertz CT molecular complexity index is 1090. The van der Waals surface area contributed by atoms with E-state index in [0.717, 1.165) is 0 Å². The van der Waals surface area contributed by atoms with Crippen LogP contribution in [0.25, 0.3) is 5.76 Å². The minimum atomic E-state index is -0.836. The molecule has 0 spiro atoms.